The number of anilines is 1. The van der Waals surface area contributed by atoms with E-state index < -0.39 is 0 Å². The summed E-state index contributed by atoms with van der Waals surface area (Å²) in [4.78, 5) is 11.9. The third-order valence-corrected chi connectivity index (χ3v) is 4.10. The SMILES string of the molecule is Cc1cccc(C)c1-c1ccc2c(NC(=O)C(C)C)n[nH]c2c1. The number of rotatable bonds is 3. The van der Waals surface area contributed by atoms with Crippen LogP contribution in [-0.4, -0.2) is 16.1 Å². The quantitative estimate of drug-likeness (QED) is 0.751. The number of carbonyl (C=O) groups excluding carboxylic acids is 1. The maximum atomic E-state index is 11.9. The van der Waals surface area contributed by atoms with E-state index in [0.717, 1.165) is 16.5 Å². The number of nitrogens with zero attached hydrogens (tertiary/aromatic N) is 1. The Hall–Kier alpha value is -2.62. The lowest BCUT2D eigenvalue weighted by molar-refractivity contribution is -0.118. The van der Waals surface area contributed by atoms with Crippen LogP contribution in [0.3, 0.4) is 0 Å². The molecular weight excluding hydrogens is 286 g/mol. The monoisotopic (exact) mass is 307 g/mol. The third-order valence-electron chi connectivity index (χ3n) is 4.10. The highest BCUT2D eigenvalue weighted by molar-refractivity contribution is 6.01. The minimum Gasteiger partial charge on any atom is -0.308 e. The molecule has 0 saturated heterocycles. The smallest absolute Gasteiger partial charge is 0.228 e. The zero-order valence-corrected chi connectivity index (χ0v) is 13.9. The van der Waals surface area contributed by atoms with E-state index >= 15 is 0 Å². The molecule has 1 amide bonds. The van der Waals surface area contributed by atoms with Crippen molar-refractivity contribution in [1.29, 1.82) is 0 Å². The number of aromatic amines is 1. The van der Waals surface area contributed by atoms with Crippen molar-refractivity contribution in [1.82, 2.24) is 10.2 Å². The molecule has 0 radical (unpaired) electrons. The van der Waals surface area contributed by atoms with Crippen LogP contribution in [0.5, 0.6) is 0 Å². The summed E-state index contributed by atoms with van der Waals surface area (Å²) in [6.07, 6.45) is 0. The summed E-state index contributed by atoms with van der Waals surface area (Å²) in [5, 5.41) is 11.0. The van der Waals surface area contributed by atoms with Crippen LogP contribution in [0.1, 0.15) is 25.0 Å². The average Bonchev–Trinajstić information content (AvgIpc) is 2.89. The molecule has 0 aliphatic heterocycles. The van der Waals surface area contributed by atoms with Gasteiger partial charge in [0.1, 0.15) is 0 Å². The van der Waals surface area contributed by atoms with Crippen LogP contribution >= 0.6 is 0 Å². The predicted molar refractivity (Wildman–Crippen MR) is 94.5 cm³/mol. The topological polar surface area (TPSA) is 57.8 Å². The number of aryl methyl sites for hydroxylation is 2. The number of carbonyl (C=O) groups is 1. The van der Waals surface area contributed by atoms with Crippen LogP contribution in [-0.2, 0) is 4.79 Å². The highest BCUT2D eigenvalue weighted by Crippen LogP contribution is 2.31. The van der Waals surface area contributed by atoms with Crippen molar-refractivity contribution in [3.8, 4) is 11.1 Å². The molecule has 1 aromatic heterocycles. The van der Waals surface area contributed by atoms with E-state index in [-0.39, 0.29) is 11.8 Å². The first-order chi connectivity index (χ1) is 11.0. The van der Waals surface area contributed by atoms with Crippen LogP contribution < -0.4 is 5.32 Å². The van der Waals surface area contributed by atoms with Crippen molar-refractivity contribution >= 4 is 22.6 Å². The number of hydrogen-bond donors (Lipinski definition) is 2. The summed E-state index contributed by atoms with van der Waals surface area (Å²) >= 11 is 0. The van der Waals surface area contributed by atoms with Gasteiger partial charge in [-0.3, -0.25) is 9.89 Å². The van der Waals surface area contributed by atoms with Gasteiger partial charge < -0.3 is 5.32 Å². The van der Waals surface area contributed by atoms with Crippen LogP contribution in [0.15, 0.2) is 36.4 Å². The number of hydrogen-bond acceptors (Lipinski definition) is 2. The molecule has 0 unspecified atom stereocenters. The molecule has 0 atom stereocenters. The summed E-state index contributed by atoms with van der Waals surface area (Å²) in [6, 6.07) is 12.5. The molecule has 4 heteroatoms. The van der Waals surface area contributed by atoms with Crippen molar-refractivity contribution in [2.45, 2.75) is 27.7 Å². The summed E-state index contributed by atoms with van der Waals surface area (Å²) in [5.41, 5.74) is 5.81. The second kappa shape index (κ2) is 5.88. The molecule has 0 spiro atoms. The molecule has 3 rings (SSSR count). The van der Waals surface area contributed by atoms with Crippen molar-refractivity contribution < 1.29 is 4.79 Å². The Morgan fingerprint density at radius 1 is 1.13 bits per heavy atom. The average molecular weight is 307 g/mol. The van der Waals surface area contributed by atoms with Gasteiger partial charge in [-0.25, -0.2) is 0 Å². The Morgan fingerprint density at radius 3 is 2.48 bits per heavy atom. The van der Waals surface area contributed by atoms with E-state index in [1.165, 1.54) is 16.7 Å². The number of benzene rings is 2. The predicted octanol–water partition coefficient (Wildman–Crippen LogP) is 4.44. The maximum absolute atomic E-state index is 11.9. The fraction of sp³-hybridized carbons (Fsp3) is 0.263. The number of nitrogens with one attached hydrogen (secondary N) is 2. The lowest BCUT2D eigenvalue weighted by Gasteiger charge is -2.10. The fourth-order valence-electron chi connectivity index (χ4n) is 2.80. The molecular formula is C19H21N3O. The van der Waals surface area contributed by atoms with Gasteiger partial charge in [-0.1, -0.05) is 38.1 Å². The number of fused-ring (bicyclic) bond motifs is 1. The van der Waals surface area contributed by atoms with Crippen LogP contribution in [0, 0.1) is 19.8 Å². The first kappa shape index (κ1) is 15.3. The number of H-pyrrole nitrogens is 1. The van der Waals surface area contributed by atoms with Crippen molar-refractivity contribution in [2.75, 3.05) is 5.32 Å². The first-order valence-corrected chi connectivity index (χ1v) is 7.83. The zero-order chi connectivity index (χ0) is 16.6. The van der Waals surface area contributed by atoms with Crippen molar-refractivity contribution in [2.24, 2.45) is 5.92 Å². The minimum absolute atomic E-state index is 0.0303. The van der Waals surface area contributed by atoms with E-state index in [2.05, 4.69) is 59.7 Å². The first-order valence-electron chi connectivity index (χ1n) is 7.83. The Balaban J connectivity index is 2.03. The molecule has 0 saturated carbocycles. The third kappa shape index (κ3) is 2.84. The van der Waals surface area contributed by atoms with Gasteiger partial charge in [-0.15, -0.1) is 0 Å². The van der Waals surface area contributed by atoms with Gasteiger partial charge in [0.05, 0.1) is 5.52 Å². The van der Waals surface area contributed by atoms with Crippen LogP contribution in [0.25, 0.3) is 22.0 Å². The van der Waals surface area contributed by atoms with Crippen molar-refractivity contribution in [3.63, 3.8) is 0 Å². The van der Waals surface area contributed by atoms with Gasteiger partial charge in [0, 0.05) is 11.3 Å². The van der Waals surface area contributed by atoms with Gasteiger partial charge in [-0.05, 0) is 48.2 Å². The minimum atomic E-state index is -0.0735. The van der Waals surface area contributed by atoms with Gasteiger partial charge >= 0.3 is 0 Å². The summed E-state index contributed by atoms with van der Waals surface area (Å²) in [5.74, 6) is 0.486. The molecule has 23 heavy (non-hydrogen) atoms. The van der Waals surface area contributed by atoms with Gasteiger partial charge in [0.2, 0.25) is 5.91 Å². The second-order valence-corrected chi connectivity index (χ2v) is 6.24. The van der Waals surface area contributed by atoms with E-state index in [9.17, 15) is 4.79 Å². The molecule has 1 heterocycles. The summed E-state index contributed by atoms with van der Waals surface area (Å²) in [7, 11) is 0. The second-order valence-electron chi connectivity index (χ2n) is 6.24. The summed E-state index contributed by atoms with van der Waals surface area (Å²) < 4.78 is 0. The number of amides is 1. The lowest BCUT2D eigenvalue weighted by Crippen LogP contribution is -2.18. The van der Waals surface area contributed by atoms with Crippen LogP contribution in [0.4, 0.5) is 5.82 Å². The normalized spacial score (nSPS) is 11.2. The molecule has 0 fully saturated rings. The molecule has 0 bridgehead atoms. The van der Waals surface area contributed by atoms with Crippen LogP contribution in [0.2, 0.25) is 0 Å². The van der Waals surface area contributed by atoms with Gasteiger partial charge in [0.15, 0.2) is 5.82 Å². The Labute approximate surface area is 135 Å². The van der Waals surface area contributed by atoms with E-state index in [1.54, 1.807) is 0 Å². The van der Waals surface area contributed by atoms with E-state index in [4.69, 9.17) is 0 Å². The molecule has 3 aromatic rings. The molecule has 118 valence electrons. The van der Waals surface area contributed by atoms with E-state index in [0.29, 0.717) is 5.82 Å². The largest absolute Gasteiger partial charge is 0.308 e. The maximum Gasteiger partial charge on any atom is 0.228 e. The molecule has 0 aliphatic carbocycles. The molecule has 4 nitrogen and oxygen atoms in total. The Kier molecular flexibility index (Phi) is 3.90. The number of aromatic nitrogens is 2. The molecule has 2 N–H and O–H groups in total. The highest BCUT2D eigenvalue weighted by Gasteiger charge is 2.13. The zero-order valence-electron chi connectivity index (χ0n) is 13.9. The molecule has 0 aliphatic rings. The Morgan fingerprint density at radius 2 is 1.83 bits per heavy atom. The highest BCUT2D eigenvalue weighted by atomic mass is 16.1. The van der Waals surface area contributed by atoms with Gasteiger partial charge in [0.25, 0.3) is 0 Å². The molecule has 2 aromatic carbocycles. The lowest BCUT2D eigenvalue weighted by atomic mass is 9.95. The fourth-order valence-corrected chi connectivity index (χ4v) is 2.80. The van der Waals surface area contributed by atoms with E-state index in [1.807, 2.05) is 19.9 Å². The summed E-state index contributed by atoms with van der Waals surface area (Å²) in [6.45, 7) is 7.97. The Bertz CT molecular complexity index is 857. The van der Waals surface area contributed by atoms with Gasteiger partial charge in [-0.2, -0.15) is 5.10 Å². The standard InChI is InChI=1S/C19H21N3O/c1-11(2)19(23)20-18-15-9-8-14(10-16(15)21-22-18)17-12(3)6-5-7-13(17)4/h5-11H,1-4H3,(H2,20,21,22,23). The van der Waals surface area contributed by atoms with Crippen molar-refractivity contribution in [3.05, 3.63) is 47.5 Å².